The minimum Gasteiger partial charge on any atom is -0.484 e. The SMILES string of the molecule is CC1C(c2cc(NC3C4CCC(CC4)[C@H]3C(=O)O)nc(-c3c[nH]c4c(F)cc(F)cc34)n2)=CC=C2C(=O)c3ccccc3OC21. The van der Waals surface area contributed by atoms with E-state index in [0.29, 0.717) is 39.3 Å². The van der Waals surface area contributed by atoms with Crippen molar-refractivity contribution in [2.24, 2.45) is 23.7 Å². The Labute approximate surface area is 257 Å². The first kappa shape index (κ1) is 27.7. The van der Waals surface area contributed by atoms with Crippen LogP contribution in [0.15, 0.2) is 66.4 Å². The summed E-state index contributed by atoms with van der Waals surface area (Å²) in [6, 6.07) is 10.7. The third-order valence-corrected chi connectivity index (χ3v) is 10.1. The number of aromatic nitrogens is 3. The molecule has 2 aromatic carbocycles. The number of H-pyrrole nitrogens is 1. The second-order valence-electron chi connectivity index (χ2n) is 12.6. The Morgan fingerprint density at radius 1 is 1.00 bits per heavy atom. The molecule has 0 spiro atoms. The summed E-state index contributed by atoms with van der Waals surface area (Å²) < 4.78 is 35.3. The van der Waals surface area contributed by atoms with Gasteiger partial charge in [0.15, 0.2) is 11.6 Å². The van der Waals surface area contributed by atoms with Crippen LogP contribution in [0.4, 0.5) is 14.6 Å². The maximum absolute atomic E-state index is 14.6. The lowest BCUT2D eigenvalue weighted by Crippen LogP contribution is -2.51. The topological polar surface area (TPSA) is 117 Å². The zero-order valence-corrected chi connectivity index (χ0v) is 24.4. The summed E-state index contributed by atoms with van der Waals surface area (Å²) in [6.07, 6.45) is 8.33. The summed E-state index contributed by atoms with van der Waals surface area (Å²) in [5.74, 6) is -1.71. The first-order valence-corrected chi connectivity index (χ1v) is 15.3. The van der Waals surface area contributed by atoms with Gasteiger partial charge in [0.05, 0.1) is 22.7 Å². The molecule has 0 saturated heterocycles. The number of carboxylic acid groups (broad SMARTS) is 1. The Hall–Kier alpha value is -4.86. The number of allylic oxidation sites excluding steroid dienone is 2. The molecule has 228 valence electrons. The van der Waals surface area contributed by atoms with Crippen LogP contribution in [-0.4, -0.2) is 44.0 Å². The number of anilines is 1. The van der Waals surface area contributed by atoms with Gasteiger partial charge in [0.1, 0.15) is 29.3 Å². The van der Waals surface area contributed by atoms with Crippen LogP contribution in [0.3, 0.4) is 0 Å². The third kappa shape index (κ3) is 4.45. The number of Topliss-reactive ketones (excluding diaryl/α,β-unsaturated/α-hetero) is 1. The Morgan fingerprint density at radius 2 is 1.76 bits per heavy atom. The van der Waals surface area contributed by atoms with Gasteiger partial charge in [0.25, 0.3) is 0 Å². The van der Waals surface area contributed by atoms with Crippen molar-refractivity contribution in [2.75, 3.05) is 5.32 Å². The highest BCUT2D eigenvalue weighted by molar-refractivity contribution is 6.13. The molecule has 4 aliphatic carbocycles. The lowest BCUT2D eigenvalue weighted by molar-refractivity contribution is -0.148. The molecule has 0 radical (unpaired) electrons. The van der Waals surface area contributed by atoms with Gasteiger partial charge in [-0.15, -0.1) is 0 Å². The van der Waals surface area contributed by atoms with Crippen molar-refractivity contribution in [1.29, 1.82) is 0 Å². The summed E-state index contributed by atoms with van der Waals surface area (Å²) in [7, 11) is 0. The summed E-state index contributed by atoms with van der Waals surface area (Å²) >= 11 is 0. The molecule has 1 aliphatic heterocycles. The molecule has 4 atom stereocenters. The molecule has 3 fully saturated rings. The molecule has 8 nitrogen and oxygen atoms in total. The lowest BCUT2D eigenvalue weighted by atomic mass is 9.61. The largest absolute Gasteiger partial charge is 0.484 e. The number of nitrogens with zero attached hydrogens (tertiary/aromatic N) is 2. The molecule has 10 heteroatoms. The zero-order chi connectivity index (χ0) is 31.0. The van der Waals surface area contributed by atoms with Crippen LogP contribution in [0.25, 0.3) is 27.9 Å². The Kier molecular flexibility index (Phi) is 6.37. The highest BCUT2D eigenvalue weighted by Gasteiger charge is 2.47. The van der Waals surface area contributed by atoms with E-state index in [1.807, 2.05) is 19.1 Å². The molecule has 3 unspecified atom stereocenters. The van der Waals surface area contributed by atoms with Gasteiger partial charge in [-0.1, -0.05) is 31.2 Å². The number of carbonyl (C=O) groups is 2. The number of halogens is 2. The van der Waals surface area contributed by atoms with Crippen LogP contribution in [0.1, 0.15) is 48.7 Å². The van der Waals surface area contributed by atoms with Gasteiger partial charge in [-0.2, -0.15) is 0 Å². The summed E-state index contributed by atoms with van der Waals surface area (Å²) in [5, 5.41) is 13.9. The number of carboxylic acids is 1. The van der Waals surface area contributed by atoms with Gasteiger partial charge >= 0.3 is 5.97 Å². The number of ketones is 1. The number of fused-ring (bicyclic) bond motifs is 6. The number of hydrogen-bond acceptors (Lipinski definition) is 6. The first-order chi connectivity index (χ1) is 21.8. The highest BCUT2D eigenvalue weighted by atomic mass is 19.1. The molecule has 9 rings (SSSR count). The van der Waals surface area contributed by atoms with E-state index in [2.05, 4.69) is 10.3 Å². The van der Waals surface area contributed by atoms with Crippen molar-refractivity contribution >= 4 is 34.0 Å². The number of ether oxygens (including phenoxy) is 1. The van der Waals surface area contributed by atoms with E-state index in [1.165, 1.54) is 6.07 Å². The zero-order valence-electron chi connectivity index (χ0n) is 24.4. The molecule has 45 heavy (non-hydrogen) atoms. The average molecular weight is 609 g/mol. The van der Waals surface area contributed by atoms with Crippen molar-refractivity contribution < 1.29 is 28.2 Å². The minimum absolute atomic E-state index is 0.0790. The van der Waals surface area contributed by atoms with E-state index in [1.54, 1.807) is 36.5 Å². The quantitative estimate of drug-likeness (QED) is 0.228. The normalized spacial score (nSPS) is 26.9. The fourth-order valence-corrected chi connectivity index (χ4v) is 7.91. The van der Waals surface area contributed by atoms with Crippen molar-refractivity contribution in [3.8, 4) is 17.1 Å². The maximum Gasteiger partial charge on any atom is 0.308 e. The molecule has 3 saturated carbocycles. The molecule has 3 N–H and O–H groups in total. The van der Waals surface area contributed by atoms with E-state index < -0.39 is 29.6 Å². The third-order valence-electron chi connectivity index (χ3n) is 10.1. The molecule has 0 amide bonds. The van der Waals surface area contributed by atoms with Crippen molar-refractivity contribution in [1.82, 2.24) is 15.0 Å². The number of benzene rings is 2. The van der Waals surface area contributed by atoms with Gasteiger partial charge in [-0.05, 0) is 61.3 Å². The number of para-hydroxylation sites is 1. The van der Waals surface area contributed by atoms with E-state index >= 15 is 0 Å². The van der Waals surface area contributed by atoms with Gasteiger partial charge in [0, 0.05) is 46.8 Å². The highest BCUT2D eigenvalue weighted by Crippen LogP contribution is 2.47. The predicted octanol–water partition coefficient (Wildman–Crippen LogP) is 6.81. The van der Waals surface area contributed by atoms with Gasteiger partial charge in [-0.25, -0.2) is 18.7 Å². The van der Waals surface area contributed by atoms with Gasteiger partial charge in [-0.3, -0.25) is 9.59 Å². The summed E-state index contributed by atoms with van der Waals surface area (Å²) in [6.45, 7) is 1.97. The van der Waals surface area contributed by atoms with Crippen molar-refractivity contribution in [3.63, 3.8) is 0 Å². The van der Waals surface area contributed by atoms with Crippen LogP contribution < -0.4 is 10.1 Å². The fraction of sp³-hybridized carbons (Fsp3) is 0.314. The number of aromatic amines is 1. The molecule has 5 aliphatic rings. The lowest BCUT2D eigenvalue weighted by Gasteiger charge is -2.47. The summed E-state index contributed by atoms with van der Waals surface area (Å²) in [4.78, 5) is 38.3. The van der Waals surface area contributed by atoms with Gasteiger partial charge < -0.3 is 20.1 Å². The van der Waals surface area contributed by atoms with Gasteiger partial charge in [0.2, 0.25) is 0 Å². The van der Waals surface area contributed by atoms with E-state index in [0.717, 1.165) is 37.3 Å². The van der Waals surface area contributed by atoms with Crippen LogP contribution in [-0.2, 0) is 4.79 Å². The molecular formula is C35H30F2N4O4. The fourth-order valence-electron chi connectivity index (χ4n) is 7.91. The van der Waals surface area contributed by atoms with E-state index in [4.69, 9.17) is 14.7 Å². The van der Waals surface area contributed by atoms with Crippen LogP contribution in [0, 0.1) is 35.3 Å². The van der Waals surface area contributed by atoms with E-state index in [9.17, 15) is 23.5 Å². The summed E-state index contributed by atoms with van der Waals surface area (Å²) in [5.41, 5.74) is 2.96. The average Bonchev–Trinajstić information content (AvgIpc) is 3.46. The number of rotatable bonds is 5. The number of nitrogens with one attached hydrogen (secondary N) is 2. The van der Waals surface area contributed by atoms with Crippen LogP contribution in [0.5, 0.6) is 5.75 Å². The molecule has 3 heterocycles. The smallest absolute Gasteiger partial charge is 0.308 e. The minimum atomic E-state index is -0.820. The number of aliphatic carboxylic acids is 1. The maximum atomic E-state index is 14.6. The Balaban J connectivity index is 1.25. The van der Waals surface area contributed by atoms with E-state index in [-0.39, 0.29) is 40.9 Å². The second-order valence-corrected chi connectivity index (χ2v) is 12.6. The number of carbonyl (C=O) groups excluding carboxylic acids is 1. The molecule has 2 bridgehead atoms. The standard InChI is InChI=1S/C35H30F2N4O4/c1-16-20(10-11-22-32(42)21-4-2-3-5-27(21)45-33(16)22)26-14-28(40-30-18-8-6-17(7-9-18)29(30)35(43)44)41-34(39-26)24-15-38-31-23(24)12-19(36)13-25(31)37/h2-5,10-18,29-30,33,38H,6-9H2,1H3,(H,43,44)(H,39,40,41)/t16?,17?,18?,29-,30?,33?/m1/s1. The second kappa shape index (κ2) is 10.4. The van der Waals surface area contributed by atoms with Crippen LogP contribution >= 0.6 is 0 Å². The first-order valence-electron chi connectivity index (χ1n) is 15.3. The molecule has 4 aromatic rings. The molecule has 2 aromatic heterocycles. The predicted molar refractivity (Wildman–Crippen MR) is 164 cm³/mol. The van der Waals surface area contributed by atoms with Crippen LogP contribution in [0.2, 0.25) is 0 Å². The Morgan fingerprint density at radius 3 is 2.56 bits per heavy atom. The van der Waals surface area contributed by atoms with Crippen molar-refractivity contribution in [3.05, 3.63) is 89.3 Å². The van der Waals surface area contributed by atoms with Crippen molar-refractivity contribution in [2.45, 2.75) is 44.8 Å². The Bertz CT molecular complexity index is 1960. The molecular weight excluding hydrogens is 578 g/mol. The number of hydrogen-bond donors (Lipinski definition) is 3. The monoisotopic (exact) mass is 608 g/mol.